The summed E-state index contributed by atoms with van der Waals surface area (Å²) in [5.74, 6) is 5.66. The van der Waals surface area contributed by atoms with Gasteiger partial charge < -0.3 is 4.74 Å². The van der Waals surface area contributed by atoms with Crippen LogP contribution in [0.3, 0.4) is 0 Å². The number of nitrogens with one attached hydrogen (secondary N) is 1. The van der Waals surface area contributed by atoms with Gasteiger partial charge in [-0.2, -0.15) is 8.78 Å². The summed E-state index contributed by atoms with van der Waals surface area (Å²) in [7, 11) is 0. The third-order valence-corrected chi connectivity index (χ3v) is 3.17. The number of halogens is 3. The minimum absolute atomic E-state index is 0.0960. The van der Waals surface area contributed by atoms with E-state index in [-0.39, 0.29) is 11.8 Å². The van der Waals surface area contributed by atoms with Crippen LogP contribution < -0.4 is 16.0 Å². The first-order chi connectivity index (χ1) is 9.61. The normalized spacial score (nSPS) is 12.4. The lowest BCUT2D eigenvalue weighted by molar-refractivity contribution is -0.0498. The Morgan fingerprint density at radius 2 is 1.70 bits per heavy atom. The standard InChI is InChI=1S/C14H13ClF2N2O/c15-12-4-2-1-3-11(12)13(19-18)9-5-7-10(8-6-9)20-14(16)17/h1-8,13-14,19H,18H2. The summed E-state index contributed by atoms with van der Waals surface area (Å²) in [6, 6.07) is 13.2. The Balaban J connectivity index is 2.26. The van der Waals surface area contributed by atoms with Gasteiger partial charge in [0.2, 0.25) is 0 Å². The van der Waals surface area contributed by atoms with Crippen LogP contribution in [0.4, 0.5) is 8.78 Å². The number of hydrogen-bond donors (Lipinski definition) is 2. The van der Waals surface area contributed by atoms with Crippen molar-refractivity contribution >= 4 is 11.6 Å². The van der Waals surface area contributed by atoms with Crippen molar-refractivity contribution in [2.75, 3.05) is 0 Å². The average molecular weight is 299 g/mol. The Kier molecular flexibility index (Phi) is 4.89. The molecule has 0 heterocycles. The summed E-state index contributed by atoms with van der Waals surface area (Å²) in [6.07, 6.45) is 0. The lowest BCUT2D eigenvalue weighted by Crippen LogP contribution is -2.29. The van der Waals surface area contributed by atoms with Gasteiger partial charge in [0.25, 0.3) is 0 Å². The summed E-state index contributed by atoms with van der Waals surface area (Å²) in [5.41, 5.74) is 4.26. The predicted molar refractivity (Wildman–Crippen MR) is 73.7 cm³/mol. The number of ether oxygens (including phenoxy) is 1. The molecule has 2 rings (SSSR count). The van der Waals surface area contributed by atoms with Gasteiger partial charge in [-0.05, 0) is 29.3 Å². The minimum atomic E-state index is -2.84. The van der Waals surface area contributed by atoms with Crippen LogP contribution in [-0.2, 0) is 0 Å². The van der Waals surface area contributed by atoms with Gasteiger partial charge in [0.05, 0.1) is 6.04 Å². The predicted octanol–water partition coefficient (Wildman–Crippen LogP) is 3.49. The molecule has 0 amide bonds. The molecular weight excluding hydrogens is 286 g/mol. The molecule has 2 aromatic carbocycles. The Bertz CT molecular complexity index is 563. The lowest BCUT2D eigenvalue weighted by Gasteiger charge is -2.18. The summed E-state index contributed by atoms with van der Waals surface area (Å²) < 4.78 is 28.5. The van der Waals surface area contributed by atoms with Crippen LogP contribution in [0.15, 0.2) is 48.5 Å². The molecule has 1 atom stereocenters. The van der Waals surface area contributed by atoms with E-state index >= 15 is 0 Å². The molecule has 0 saturated heterocycles. The topological polar surface area (TPSA) is 47.3 Å². The zero-order valence-electron chi connectivity index (χ0n) is 10.4. The van der Waals surface area contributed by atoms with Crippen molar-refractivity contribution in [1.82, 2.24) is 5.43 Å². The number of rotatable bonds is 5. The van der Waals surface area contributed by atoms with Crippen molar-refractivity contribution in [3.05, 3.63) is 64.7 Å². The third-order valence-electron chi connectivity index (χ3n) is 2.82. The summed E-state index contributed by atoms with van der Waals surface area (Å²) in [6.45, 7) is -2.84. The third kappa shape index (κ3) is 3.45. The molecule has 0 bridgehead atoms. The van der Waals surface area contributed by atoms with Crippen LogP contribution in [-0.4, -0.2) is 6.61 Å². The molecule has 0 aromatic heterocycles. The Hall–Kier alpha value is -1.69. The molecule has 3 N–H and O–H groups in total. The first kappa shape index (κ1) is 14.7. The SMILES string of the molecule is NNC(c1ccc(OC(F)F)cc1)c1ccccc1Cl. The molecule has 0 aliphatic carbocycles. The molecule has 0 saturated carbocycles. The molecule has 2 aromatic rings. The van der Waals surface area contributed by atoms with Crippen molar-refractivity contribution in [3.63, 3.8) is 0 Å². The minimum Gasteiger partial charge on any atom is -0.435 e. The molecule has 0 spiro atoms. The summed E-state index contributed by atoms with van der Waals surface area (Å²) in [4.78, 5) is 0. The second-order valence-corrected chi connectivity index (χ2v) is 4.48. The molecule has 106 valence electrons. The fourth-order valence-corrected chi connectivity index (χ4v) is 2.16. The smallest absolute Gasteiger partial charge is 0.387 e. The number of benzene rings is 2. The molecule has 0 aliphatic rings. The van der Waals surface area contributed by atoms with Crippen LogP contribution in [0.2, 0.25) is 5.02 Å². The van der Waals surface area contributed by atoms with E-state index in [1.807, 2.05) is 18.2 Å². The highest BCUT2D eigenvalue weighted by molar-refractivity contribution is 6.31. The van der Waals surface area contributed by atoms with E-state index in [4.69, 9.17) is 17.4 Å². The molecule has 0 radical (unpaired) electrons. The Labute approximate surface area is 120 Å². The number of hydrogen-bond acceptors (Lipinski definition) is 3. The molecular formula is C14H13ClF2N2O. The van der Waals surface area contributed by atoms with Crippen molar-refractivity contribution < 1.29 is 13.5 Å². The van der Waals surface area contributed by atoms with Gasteiger partial charge in [-0.3, -0.25) is 5.84 Å². The summed E-state index contributed by atoms with van der Waals surface area (Å²) in [5, 5.41) is 0.573. The zero-order chi connectivity index (χ0) is 14.5. The van der Waals surface area contributed by atoms with Gasteiger partial charge in [0.1, 0.15) is 5.75 Å². The molecule has 1 unspecified atom stereocenters. The van der Waals surface area contributed by atoms with Gasteiger partial charge in [-0.1, -0.05) is 41.9 Å². The van der Waals surface area contributed by atoms with E-state index in [0.29, 0.717) is 5.02 Å². The highest BCUT2D eigenvalue weighted by Gasteiger charge is 2.15. The van der Waals surface area contributed by atoms with Crippen LogP contribution in [0.25, 0.3) is 0 Å². The Morgan fingerprint density at radius 3 is 2.25 bits per heavy atom. The maximum atomic E-state index is 12.1. The fourth-order valence-electron chi connectivity index (χ4n) is 1.92. The highest BCUT2D eigenvalue weighted by atomic mass is 35.5. The van der Waals surface area contributed by atoms with E-state index in [9.17, 15) is 8.78 Å². The number of hydrazine groups is 1. The molecule has 3 nitrogen and oxygen atoms in total. The van der Waals surface area contributed by atoms with E-state index < -0.39 is 6.61 Å². The van der Waals surface area contributed by atoms with E-state index in [1.54, 1.807) is 18.2 Å². The zero-order valence-corrected chi connectivity index (χ0v) is 11.1. The molecule has 0 aliphatic heterocycles. The molecule has 20 heavy (non-hydrogen) atoms. The van der Waals surface area contributed by atoms with Gasteiger partial charge in [-0.25, -0.2) is 5.43 Å². The van der Waals surface area contributed by atoms with Gasteiger partial charge in [0.15, 0.2) is 0 Å². The molecule has 6 heteroatoms. The lowest BCUT2D eigenvalue weighted by atomic mass is 9.99. The quantitative estimate of drug-likeness (QED) is 0.656. The van der Waals surface area contributed by atoms with Crippen molar-refractivity contribution in [2.24, 2.45) is 5.84 Å². The van der Waals surface area contributed by atoms with Crippen molar-refractivity contribution in [2.45, 2.75) is 12.7 Å². The van der Waals surface area contributed by atoms with Gasteiger partial charge in [0, 0.05) is 5.02 Å². The Morgan fingerprint density at radius 1 is 1.05 bits per heavy atom. The maximum Gasteiger partial charge on any atom is 0.387 e. The van der Waals surface area contributed by atoms with Gasteiger partial charge in [-0.15, -0.1) is 0 Å². The summed E-state index contributed by atoms with van der Waals surface area (Å²) >= 11 is 6.13. The van der Waals surface area contributed by atoms with Crippen LogP contribution in [0, 0.1) is 0 Å². The first-order valence-corrected chi connectivity index (χ1v) is 6.25. The fraction of sp³-hybridized carbons (Fsp3) is 0.143. The van der Waals surface area contributed by atoms with Crippen LogP contribution in [0.1, 0.15) is 17.2 Å². The highest BCUT2D eigenvalue weighted by Crippen LogP contribution is 2.28. The monoisotopic (exact) mass is 298 g/mol. The first-order valence-electron chi connectivity index (χ1n) is 5.87. The van der Waals surface area contributed by atoms with Crippen molar-refractivity contribution in [3.8, 4) is 5.75 Å². The largest absolute Gasteiger partial charge is 0.435 e. The van der Waals surface area contributed by atoms with Crippen LogP contribution >= 0.6 is 11.6 Å². The van der Waals surface area contributed by atoms with Gasteiger partial charge >= 0.3 is 6.61 Å². The maximum absolute atomic E-state index is 12.1. The number of nitrogens with two attached hydrogens (primary N) is 1. The number of alkyl halides is 2. The van der Waals surface area contributed by atoms with Crippen molar-refractivity contribution in [1.29, 1.82) is 0 Å². The average Bonchev–Trinajstić information content (AvgIpc) is 2.43. The van der Waals surface area contributed by atoms with Crippen LogP contribution in [0.5, 0.6) is 5.75 Å². The second kappa shape index (κ2) is 6.65. The van der Waals surface area contributed by atoms with E-state index in [1.165, 1.54) is 12.1 Å². The second-order valence-electron chi connectivity index (χ2n) is 4.07. The van der Waals surface area contributed by atoms with E-state index in [0.717, 1.165) is 11.1 Å². The van der Waals surface area contributed by atoms with E-state index in [2.05, 4.69) is 10.2 Å². The molecule has 0 fully saturated rings.